The molecule has 0 amide bonds. The van der Waals surface area contributed by atoms with Gasteiger partial charge in [-0.2, -0.15) is 0 Å². The van der Waals surface area contributed by atoms with E-state index in [0.29, 0.717) is 29.8 Å². The third-order valence-corrected chi connectivity index (χ3v) is 6.98. The first-order chi connectivity index (χ1) is 8.86. The van der Waals surface area contributed by atoms with Crippen LogP contribution in [0.15, 0.2) is 0 Å². The van der Waals surface area contributed by atoms with Gasteiger partial charge in [0.05, 0.1) is 6.26 Å². The molecule has 2 aliphatic heterocycles. The van der Waals surface area contributed by atoms with Crippen LogP contribution in [-0.4, -0.2) is 61.4 Å². The summed E-state index contributed by atoms with van der Waals surface area (Å²) in [5.41, 5.74) is 0. The Morgan fingerprint density at radius 1 is 1.21 bits per heavy atom. The van der Waals surface area contributed by atoms with Crippen molar-refractivity contribution in [2.45, 2.75) is 31.0 Å². The minimum Gasteiger partial charge on any atom is -0.303 e. The summed E-state index contributed by atoms with van der Waals surface area (Å²) in [6, 6.07) is 0. The van der Waals surface area contributed by atoms with Crippen LogP contribution >= 0.6 is 15.9 Å². The summed E-state index contributed by atoms with van der Waals surface area (Å²) in [5, 5.41) is 0. The van der Waals surface area contributed by atoms with Gasteiger partial charge in [-0.1, -0.05) is 22.9 Å². The summed E-state index contributed by atoms with van der Waals surface area (Å²) in [4.78, 5) is 3.15. The first kappa shape index (κ1) is 15.7. The zero-order valence-electron chi connectivity index (χ0n) is 11.9. The molecule has 0 radical (unpaired) electrons. The van der Waals surface area contributed by atoms with Gasteiger partial charge in [0.1, 0.15) is 0 Å². The van der Waals surface area contributed by atoms with E-state index in [1.54, 1.807) is 4.31 Å². The zero-order chi connectivity index (χ0) is 14.0. The van der Waals surface area contributed by atoms with Crippen LogP contribution in [-0.2, 0) is 10.0 Å². The van der Waals surface area contributed by atoms with E-state index >= 15 is 0 Å². The number of nitrogens with zero attached hydrogens (tertiary/aromatic N) is 2. The number of halogens is 1. The minimum absolute atomic E-state index is 0.502. The van der Waals surface area contributed by atoms with Crippen LogP contribution in [0.5, 0.6) is 0 Å². The van der Waals surface area contributed by atoms with Crippen LogP contribution in [0.3, 0.4) is 0 Å². The second-order valence-electron chi connectivity index (χ2n) is 6.17. The SMILES string of the molecule is CC1CN(CC2CCCN(S(C)(=O)=O)C2)CCC1Br. The highest BCUT2D eigenvalue weighted by Gasteiger charge is 2.29. The highest BCUT2D eigenvalue weighted by Crippen LogP contribution is 2.26. The molecule has 3 unspecified atom stereocenters. The fourth-order valence-corrected chi connectivity index (χ4v) is 4.53. The van der Waals surface area contributed by atoms with Gasteiger partial charge in [-0.3, -0.25) is 0 Å². The first-order valence-corrected chi connectivity index (χ1v) is 9.94. The van der Waals surface area contributed by atoms with Crippen molar-refractivity contribution < 1.29 is 8.42 Å². The number of hydrogen-bond donors (Lipinski definition) is 0. The molecule has 0 spiro atoms. The Kier molecular flexibility index (Phi) is 5.31. The number of hydrogen-bond acceptors (Lipinski definition) is 3. The van der Waals surface area contributed by atoms with E-state index in [0.717, 1.165) is 32.5 Å². The van der Waals surface area contributed by atoms with Gasteiger partial charge >= 0.3 is 0 Å². The van der Waals surface area contributed by atoms with Crippen LogP contribution in [0.1, 0.15) is 26.2 Å². The largest absolute Gasteiger partial charge is 0.303 e. The van der Waals surface area contributed by atoms with E-state index in [2.05, 4.69) is 27.8 Å². The lowest BCUT2D eigenvalue weighted by atomic mass is 9.95. The average molecular weight is 353 g/mol. The van der Waals surface area contributed by atoms with Crippen molar-refractivity contribution in [3.05, 3.63) is 0 Å². The summed E-state index contributed by atoms with van der Waals surface area (Å²) in [6.07, 6.45) is 4.69. The Morgan fingerprint density at radius 2 is 1.95 bits per heavy atom. The molecule has 0 N–H and O–H groups in total. The number of likely N-dealkylation sites (tertiary alicyclic amines) is 1. The van der Waals surface area contributed by atoms with E-state index < -0.39 is 10.0 Å². The Morgan fingerprint density at radius 3 is 2.58 bits per heavy atom. The van der Waals surface area contributed by atoms with Gasteiger partial charge in [0.15, 0.2) is 0 Å². The second kappa shape index (κ2) is 6.41. The van der Waals surface area contributed by atoms with Crippen molar-refractivity contribution in [2.75, 3.05) is 39.0 Å². The molecule has 3 atom stereocenters. The Bertz CT molecular complexity index is 401. The molecule has 6 heteroatoms. The lowest BCUT2D eigenvalue weighted by Crippen LogP contribution is -2.46. The van der Waals surface area contributed by atoms with Gasteiger partial charge in [-0.25, -0.2) is 12.7 Å². The molecular weight excluding hydrogens is 328 g/mol. The second-order valence-corrected chi connectivity index (χ2v) is 9.33. The maximum atomic E-state index is 11.6. The third-order valence-electron chi connectivity index (χ3n) is 4.35. The molecule has 0 aromatic rings. The average Bonchev–Trinajstić information content (AvgIpc) is 2.33. The van der Waals surface area contributed by atoms with E-state index in [1.165, 1.54) is 12.7 Å². The fourth-order valence-electron chi connectivity index (χ4n) is 3.21. The normalized spacial score (nSPS) is 35.4. The smallest absolute Gasteiger partial charge is 0.211 e. The molecular formula is C13H25BrN2O2S. The van der Waals surface area contributed by atoms with Gasteiger partial charge < -0.3 is 4.90 Å². The van der Waals surface area contributed by atoms with Crippen LogP contribution in [0.4, 0.5) is 0 Å². The number of piperidine rings is 2. The van der Waals surface area contributed by atoms with Crippen LogP contribution < -0.4 is 0 Å². The monoisotopic (exact) mass is 352 g/mol. The van der Waals surface area contributed by atoms with E-state index in [4.69, 9.17) is 0 Å². The van der Waals surface area contributed by atoms with Gasteiger partial charge in [0.2, 0.25) is 10.0 Å². The molecule has 2 aliphatic rings. The molecule has 0 bridgehead atoms. The van der Waals surface area contributed by atoms with Gasteiger partial charge in [-0.15, -0.1) is 0 Å². The van der Waals surface area contributed by atoms with E-state index in [-0.39, 0.29) is 0 Å². The molecule has 2 fully saturated rings. The third kappa shape index (κ3) is 4.41. The quantitative estimate of drug-likeness (QED) is 0.726. The predicted octanol–water partition coefficient (Wildman–Crippen LogP) is 1.76. The van der Waals surface area contributed by atoms with Crippen molar-refractivity contribution >= 4 is 26.0 Å². The van der Waals surface area contributed by atoms with Crippen LogP contribution in [0.2, 0.25) is 0 Å². The Hall–Kier alpha value is 0.350. The highest BCUT2D eigenvalue weighted by molar-refractivity contribution is 9.09. The lowest BCUT2D eigenvalue weighted by molar-refractivity contribution is 0.138. The molecule has 0 aliphatic carbocycles. The van der Waals surface area contributed by atoms with Gasteiger partial charge in [0.25, 0.3) is 0 Å². The molecule has 2 heterocycles. The standard InChI is InChI=1S/C13H25BrN2O2S/c1-11-8-15(7-5-13(11)14)9-12-4-3-6-16(10-12)19(2,17)18/h11-13H,3-10H2,1-2H3. The number of rotatable bonds is 3. The summed E-state index contributed by atoms with van der Waals surface area (Å²) >= 11 is 3.73. The summed E-state index contributed by atoms with van der Waals surface area (Å²) < 4.78 is 24.9. The molecule has 4 nitrogen and oxygen atoms in total. The first-order valence-electron chi connectivity index (χ1n) is 7.18. The number of alkyl halides is 1. The summed E-state index contributed by atoms with van der Waals surface area (Å²) in [6.45, 7) is 7.02. The molecule has 2 saturated heterocycles. The van der Waals surface area contributed by atoms with E-state index in [9.17, 15) is 8.42 Å². The number of sulfonamides is 1. The van der Waals surface area contributed by atoms with Crippen molar-refractivity contribution in [2.24, 2.45) is 11.8 Å². The summed E-state index contributed by atoms with van der Waals surface area (Å²) in [7, 11) is -3.01. The van der Waals surface area contributed by atoms with Crippen molar-refractivity contribution in [3.8, 4) is 0 Å². The zero-order valence-corrected chi connectivity index (χ0v) is 14.3. The molecule has 2 rings (SSSR count). The fraction of sp³-hybridized carbons (Fsp3) is 1.00. The van der Waals surface area contributed by atoms with E-state index in [1.807, 2.05) is 0 Å². The van der Waals surface area contributed by atoms with Gasteiger partial charge in [0, 0.05) is 31.0 Å². The Balaban J connectivity index is 1.86. The molecule has 19 heavy (non-hydrogen) atoms. The maximum absolute atomic E-state index is 11.6. The van der Waals surface area contributed by atoms with Crippen LogP contribution in [0.25, 0.3) is 0 Å². The molecule has 0 aromatic carbocycles. The maximum Gasteiger partial charge on any atom is 0.211 e. The topological polar surface area (TPSA) is 40.6 Å². The van der Waals surface area contributed by atoms with Crippen molar-refractivity contribution in [1.29, 1.82) is 0 Å². The van der Waals surface area contributed by atoms with Crippen molar-refractivity contribution in [1.82, 2.24) is 9.21 Å². The highest BCUT2D eigenvalue weighted by atomic mass is 79.9. The lowest BCUT2D eigenvalue weighted by Gasteiger charge is -2.38. The van der Waals surface area contributed by atoms with Gasteiger partial charge in [-0.05, 0) is 37.6 Å². The molecule has 0 aromatic heterocycles. The van der Waals surface area contributed by atoms with Crippen molar-refractivity contribution in [3.63, 3.8) is 0 Å². The molecule has 112 valence electrons. The Labute approximate surface area is 125 Å². The minimum atomic E-state index is -3.01. The van der Waals surface area contributed by atoms with Crippen LogP contribution in [0, 0.1) is 11.8 Å². The predicted molar refractivity (Wildman–Crippen MR) is 82.1 cm³/mol. The molecule has 0 saturated carbocycles. The summed E-state index contributed by atoms with van der Waals surface area (Å²) in [5.74, 6) is 1.19.